The van der Waals surface area contributed by atoms with Gasteiger partial charge in [-0.25, -0.2) is 0 Å². The zero-order valence-electron chi connectivity index (χ0n) is 26.9. The zero-order chi connectivity index (χ0) is 31.7. The van der Waals surface area contributed by atoms with Crippen molar-refractivity contribution in [1.82, 2.24) is 0 Å². The molecule has 46 heavy (non-hydrogen) atoms. The summed E-state index contributed by atoms with van der Waals surface area (Å²) in [4.78, 5) is 14.0. The van der Waals surface area contributed by atoms with Crippen LogP contribution in [0.2, 0.25) is 0 Å². The summed E-state index contributed by atoms with van der Waals surface area (Å²) in [6.45, 7) is 13.8. The predicted octanol–water partition coefficient (Wildman–Crippen LogP) is 15.2. The lowest BCUT2D eigenvalue weighted by Gasteiger charge is -2.05. The molecule has 0 bridgehead atoms. The normalized spacial score (nSPS) is 12.3. The Morgan fingerprint density at radius 1 is 0.435 bits per heavy atom. The van der Waals surface area contributed by atoms with Gasteiger partial charge in [-0.05, 0) is 109 Å². The maximum Gasteiger partial charge on any atom is 0.0481 e. The van der Waals surface area contributed by atoms with Gasteiger partial charge in [0.15, 0.2) is 0 Å². The highest BCUT2D eigenvalue weighted by Gasteiger charge is 2.19. The Hall–Kier alpha value is -2.58. The molecular weight excluding hydrogens is 673 g/mol. The summed E-state index contributed by atoms with van der Waals surface area (Å²) in [7, 11) is 0. The molecule has 0 nitrogen and oxygen atoms in total. The summed E-state index contributed by atoms with van der Waals surface area (Å²) in [5.41, 5.74) is 2.99. The van der Waals surface area contributed by atoms with Crippen LogP contribution in [0, 0.1) is 25.7 Å². The first-order valence-corrected chi connectivity index (χ1v) is 20.9. The van der Waals surface area contributed by atoms with Crippen molar-refractivity contribution in [2.24, 2.45) is 11.8 Å². The molecule has 6 heteroatoms. The van der Waals surface area contributed by atoms with E-state index in [0.29, 0.717) is 11.8 Å². The van der Waals surface area contributed by atoms with Gasteiger partial charge in [-0.3, -0.25) is 0 Å². The fourth-order valence-corrected chi connectivity index (χ4v) is 13.5. The van der Waals surface area contributed by atoms with Crippen molar-refractivity contribution in [1.29, 1.82) is 0 Å². The minimum absolute atomic E-state index is 0.609. The van der Waals surface area contributed by atoms with Crippen LogP contribution in [0.1, 0.15) is 48.6 Å². The van der Waals surface area contributed by atoms with Gasteiger partial charge in [0.2, 0.25) is 0 Å². The van der Waals surface area contributed by atoms with Gasteiger partial charge in [0.25, 0.3) is 0 Å². The maximum atomic E-state index is 2.49. The third kappa shape index (κ3) is 5.65. The van der Waals surface area contributed by atoms with E-state index in [1.54, 1.807) is 0 Å². The Kier molecular flexibility index (Phi) is 8.11. The van der Waals surface area contributed by atoms with Crippen LogP contribution in [-0.4, -0.2) is 0 Å². The number of thiophene rings is 6. The molecule has 0 aliphatic heterocycles. The molecule has 232 valence electrons. The Labute approximate surface area is 295 Å². The largest absolute Gasteiger partial charge is 0.140 e. The van der Waals surface area contributed by atoms with E-state index in [4.69, 9.17) is 0 Å². The molecule has 0 spiro atoms. The number of fused-ring (bicyclic) bond motifs is 5. The highest BCUT2D eigenvalue weighted by molar-refractivity contribution is 7.30. The molecule has 0 unspecified atom stereocenters. The van der Waals surface area contributed by atoms with Gasteiger partial charge < -0.3 is 0 Å². The molecule has 0 saturated heterocycles. The van der Waals surface area contributed by atoms with Gasteiger partial charge in [-0.2, -0.15) is 0 Å². The number of hydrogen-bond acceptors (Lipinski definition) is 6. The van der Waals surface area contributed by atoms with Crippen molar-refractivity contribution in [3.63, 3.8) is 0 Å². The van der Waals surface area contributed by atoms with E-state index < -0.39 is 0 Å². The molecule has 0 amide bonds. The fraction of sp³-hybridized carbons (Fsp3) is 0.250. The molecule has 6 heterocycles. The van der Waals surface area contributed by atoms with E-state index in [0.717, 1.165) is 12.8 Å². The van der Waals surface area contributed by atoms with E-state index in [-0.39, 0.29) is 0 Å². The van der Waals surface area contributed by atoms with Crippen LogP contribution in [-0.2, 0) is 12.8 Å². The second kappa shape index (κ2) is 12.1. The molecule has 2 aromatic carbocycles. The second-order valence-corrected chi connectivity index (χ2v) is 20.0. The molecular formula is C40H36S6. The smallest absolute Gasteiger partial charge is 0.0481 e. The van der Waals surface area contributed by atoms with Crippen LogP contribution in [0.4, 0.5) is 0 Å². The van der Waals surface area contributed by atoms with E-state index >= 15 is 0 Å². The number of benzene rings is 2. The van der Waals surface area contributed by atoms with Crippen LogP contribution in [0.5, 0.6) is 0 Å². The van der Waals surface area contributed by atoms with Crippen LogP contribution in [0.15, 0.2) is 72.8 Å². The quantitative estimate of drug-likeness (QED) is 0.147. The van der Waals surface area contributed by atoms with Gasteiger partial charge in [-0.15, -0.1) is 68.0 Å². The Morgan fingerprint density at radius 2 is 0.935 bits per heavy atom. The third-order valence-corrected chi connectivity index (χ3v) is 15.9. The Morgan fingerprint density at radius 3 is 1.57 bits per heavy atom. The van der Waals surface area contributed by atoms with Crippen molar-refractivity contribution in [3.8, 4) is 39.0 Å². The summed E-state index contributed by atoms with van der Waals surface area (Å²) < 4.78 is 2.82. The van der Waals surface area contributed by atoms with Crippen LogP contribution in [0.3, 0.4) is 0 Å². The first-order valence-electron chi connectivity index (χ1n) is 16.0. The Balaban J connectivity index is 1.15. The van der Waals surface area contributed by atoms with E-state index in [1.165, 1.54) is 90.8 Å². The highest BCUT2D eigenvalue weighted by Crippen LogP contribution is 2.49. The molecule has 6 aromatic heterocycles. The van der Waals surface area contributed by atoms with Gasteiger partial charge in [0.1, 0.15) is 0 Å². The van der Waals surface area contributed by atoms with Crippen molar-refractivity contribution in [2.45, 2.75) is 54.4 Å². The molecule has 0 aliphatic carbocycles. The fourth-order valence-electron chi connectivity index (χ4n) is 6.55. The lowest BCUT2D eigenvalue weighted by atomic mass is 10.0. The van der Waals surface area contributed by atoms with Crippen molar-refractivity contribution in [3.05, 3.63) is 93.7 Å². The summed E-state index contributed by atoms with van der Waals surface area (Å²) >= 11 is 11.7. The highest BCUT2D eigenvalue weighted by atomic mass is 32.1. The second-order valence-electron chi connectivity index (χ2n) is 13.2. The molecule has 8 rings (SSSR count). The van der Waals surface area contributed by atoms with Crippen molar-refractivity contribution >= 4 is 99.0 Å². The molecule has 0 aliphatic rings. The van der Waals surface area contributed by atoms with E-state index in [1.807, 2.05) is 68.0 Å². The third-order valence-electron chi connectivity index (χ3n) is 8.43. The first-order chi connectivity index (χ1) is 22.2. The summed E-state index contributed by atoms with van der Waals surface area (Å²) in [6, 6.07) is 28.3. The zero-order valence-corrected chi connectivity index (χ0v) is 31.8. The monoisotopic (exact) mass is 708 g/mol. The van der Waals surface area contributed by atoms with E-state index in [2.05, 4.69) is 114 Å². The van der Waals surface area contributed by atoms with Gasteiger partial charge in [0, 0.05) is 68.9 Å². The summed E-state index contributed by atoms with van der Waals surface area (Å²) in [5.74, 6) is 1.27. The molecule has 8 aromatic rings. The molecule has 0 N–H and O–H groups in total. The maximum absolute atomic E-state index is 2.49. The van der Waals surface area contributed by atoms with Crippen LogP contribution < -0.4 is 0 Å². The molecule has 0 radical (unpaired) electrons. The molecule has 0 atom stereocenters. The minimum atomic E-state index is 0.609. The molecule has 0 saturated carbocycles. The first kappa shape index (κ1) is 30.7. The number of hydrogen-bond donors (Lipinski definition) is 0. The van der Waals surface area contributed by atoms with Crippen LogP contribution in [0.25, 0.3) is 70.0 Å². The van der Waals surface area contributed by atoms with Crippen molar-refractivity contribution < 1.29 is 0 Å². The number of rotatable bonds is 8. The van der Waals surface area contributed by atoms with Gasteiger partial charge >= 0.3 is 0 Å². The van der Waals surface area contributed by atoms with Crippen LogP contribution >= 0.6 is 68.0 Å². The minimum Gasteiger partial charge on any atom is -0.140 e. The summed E-state index contributed by atoms with van der Waals surface area (Å²) in [6.07, 6.45) is 2.24. The molecule has 0 fully saturated rings. The van der Waals surface area contributed by atoms with Gasteiger partial charge in [-0.1, -0.05) is 52.0 Å². The van der Waals surface area contributed by atoms with E-state index in [9.17, 15) is 0 Å². The summed E-state index contributed by atoms with van der Waals surface area (Å²) in [5, 5.41) is 5.48. The SMILES string of the molecule is Cc1cc(CC(C)C)c(-c2ccc(-c3ccc(-c4sc(-c5cc6ccc7c(ccc8cc(C)sc87)c6s5)cc4CC(C)C)s3)s2)s1. The topological polar surface area (TPSA) is 0 Å². The van der Waals surface area contributed by atoms with Gasteiger partial charge in [0.05, 0.1) is 0 Å². The standard InChI is InChI=1S/C40H36S6/c1-21(2)15-27-18-24(6)42-39(27)33-13-11-31(43-33)32-12-14-34(44-32)40-28(16-22(3)4)20-36(46-40)35-19-26-8-10-29-30(38(26)45-35)9-7-25-17-23(5)41-37(25)29/h7-14,17-22H,15-16H2,1-6H3. The average Bonchev–Trinajstić information content (AvgIpc) is 3.83. The lowest BCUT2D eigenvalue weighted by molar-refractivity contribution is 0.649. The average molecular weight is 709 g/mol. The van der Waals surface area contributed by atoms with Crippen molar-refractivity contribution in [2.75, 3.05) is 0 Å². The predicted molar refractivity (Wildman–Crippen MR) is 215 cm³/mol. The number of aryl methyl sites for hydroxylation is 2. The lowest BCUT2D eigenvalue weighted by Crippen LogP contribution is -1.93. The Bertz CT molecular complexity index is 2350.